The fourth-order valence-corrected chi connectivity index (χ4v) is 3.25. The number of carbonyl (C=O) groups excluding carboxylic acids is 2. The normalized spacial score (nSPS) is 15.5. The van der Waals surface area contributed by atoms with Gasteiger partial charge in [0.2, 0.25) is 0 Å². The summed E-state index contributed by atoms with van der Waals surface area (Å²) in [6.45, 7) is 7.03. The molecule has 0 radical (unpaired) electrons. The molecule has 1 aromatic rings. The third kappa shape index (κ3) is 3.06. The third-order valence-corrected chi connectivity index (χ3v) is 4.66. The average molecular weight is 339 g/mol. The summed E-state index contributed by atoms with van der Waals surface area (Å²) in [5, 5.41) is 1.84. The maximum atomic E-state index is 13.0. The maximum Gasteiger partial charge on any atom is 0.331 e. The van der Waals surface area contributed by atoms with Crippen LogP contribution >= 0.6 is 11.3 Å². The highest BCUT2D eigenvalue weighted by atomic mass is 32.1. The molecule has 0 saturated heterocycles. The number of methoxy groups -OCH3 is 1. The van der Waals surface area contributed by atoms with Crippen molar-refractivity contribution in [1.82, 2.24) is 4.90 Å². The van der Waals surface area contributed by atoms with Gasteiger partial charge in [0, 0.05) is 0 Å². The fourth-order valence-electron chi connectivity index (χ4n) is 2.31. The van der Waals surface area contributed by atoms with Crippen LogP contribution in [0.3, 0.4) is 0 Å². The second-order valence-electron chi connectivity index (χ2n) is 5.54. The Balaban J connectivity index is 2.40. The predicted octanol–water partition coefficient (Wildman–Crippen LogP) is 2.65. The summed E-state index contributed by atoms with van der Waals surface area (Å²) >= 11 is 1.39. The number of nitrogens with zero attached hydrogens (tertiary/aromatic N) is 1. The van der Waals surface area contributed by atoms with Crippen LogP contribution in [0.1, 0.15) is 32.6 Å². The van der Waals surface area contributed by atoms with E-state index in [0.717, 1.165) is 0 Å². The molecule has 0 unspecified atom stereocenters. The molecule has 6 nitrogen and oxygen atoms in total. The topological polar surface area (TPSA) is 65.1 Å². The molecule has 1 amide bonds. The number of thiophene rings is 1. The first-order chi connectivity index (χ1) is 10.8. The van der Waals surface area contributed by atoms with Gasteiger partial charge in [-0.15, -0.1) is 11.3 Å². The minimum Gasteiger partial charge on any atom is -0.495 e. The standard InChI is InChI=1S/C16H21NO5S/c1-6-21-15(19)16(3,4)17-9-22-10(2)12(14(17)18)13-11(20-5)7-8-23-13/h7-8H,6,9H2,1-5H3. The Hall–Kier alpha value is -2.02. The van der Waals surface area contributed by atoms with Gasteiger partial charge in [-0.05, 0) is 39.1 Å². The van der Waals surface area contributed by atoms with Crippen LogP contribution in [0.15, 0.2) is 17.2 Å². The summed E-state index contributed by atoms with van der Waals surface area (Å²) in [6.07, 6.45) is 0. The molecule has 0 spiro atoms. The highest BCUT2D eigenvalue weighted by molar-refractivity contribution is 7.12. The first kappa shape index (κ1) is 17.3. The quantitative estimate of drug-likeness (QED) is 0.772. The first-order valence-corrected chi connectivity index (χ1v) is 8.17. The molecular formula is C16H21NO5S. The molecule has 0 N–H and O–H groups in total. The van der Waals surface area contributed by atoms with Crippen LogP contribution in [0.2, 0.25) is 0 Å². The van der Waals surface area contributed by atoms with Gasteiger partial charge < -0.3 is 14.2 Å². The van der Waals surface area contributed by atoms with Crippen LogP contribution in [0.5, 0.6) is 5.75 Å². The number of hydrogen-bond donors (Lipinski definition) is 0. The number of carbonyl (C=O) groups is 2. The van der Waals surface area contributed by atoms with E-state index in [1.807, 2.05) is 5.38 Å². The zero-order chi connectivity index (χ0) is 17.2. The van der Waals surface area contributed by atoms with E-state index in [0.29, 0.717) is 22.0 Å². The molecule has 1 aliphatic heterocycles. The molecular weight excluding hydrogens is 318 g/mol. The second kappa shape index (κ2) is 6.62. The van der Waals surface area contributed by atoms with E-state index in [-0.39, 0.29) is 19.2 Å². The van der Waals surface area contributed by atoms with Crippen molar-refractivity contribution in [2.45, 2.75) is 33.2 Å². The highest BCUT2D eigenvalue weighted by Crippen LogP contribution is 2.38. The van der Waals surface area contributed by atoms with Crippen molar-refractivity contribution < 1.29 is 23.8 Å². The van der Waals surface area contributed by atoms with Gasteiger partial charge in [-0.25, -0.2) is 4.79 Å². The van der Waals surface area contributed by atoms with E-state index >= 15 is 0 Å². The smallest absolute Gasteiger partial charge is 0.331 e. The lowest BCUT2D eigenvalue weighted by atomic mass is 10.00. The summed E-state index contributed by atoms with van der Waals surface area (Å²) in [4.78, 5) is 27.3. The number of ether oxygens (including phenoxy) is 3. The molecule has 0 atom stereocenters. The SMILES string of the molecule is CCOC(=O)C(C)(C)N1COC(C)=C(c2sccc2OC)C1=O. The summed E-state index contributed by atoms with van der Waals surface area (Å²) in [5.74, 6) is 0.394. The van der Waals surface area contributed by atoms with Crippen molar-refractivity contribution in [3.63, 3.8) is 0 Å². The summed E-state index contributed by atoms with van der Waals surface area (Å²) in [6, 6.07) is 1.79. The van der Waals surface area contributed by atoms with Crippen LogP contribution in [-0.2, 0) is 19.1 Å². The molecule has 7 heteroatoms. The third-order valence-electron chi connectivity index (χ3n) is 3.75. The van der Waals surface area contributed by atoms with Crippen LogP contribution < -0.4 is 4.74 Å². The van der Waals surface area contributed by atoms with Crippen LogP contribution in [0.25, 0.3) is 5.57 Å². The Morgan fingerprint density at radius 3 is 2.78 bits per heavy atom. The second-order valence-corrected chi connectivity index (χ2v) is 6.45. The molecule has 23 heavy (non-hydrogen) atoms. The lowest BCUT2D eigenvalue weighted by Crippen LogP contribution is -2.56. The van der Waals surface area contributed by atoms with E-state index in [4.69, 9.17) is 14.2 Å². The van der Waals surface area contributed by atoms with Gasteiger partial charge in [-0.1, -0.05) is 0 Å². The minimum atomic E-state index is -1.12. The lowest BCUT2D eigenvalue weighted by molar-refractivity contribution is -0.165. The van der Waals surface area contributed by atoms with Crippen molar-refractivity contribution in [2.75, 3.05) is 20.4 Å². The number of rotatable bonds is 5. The number of hydrogen-bond acceptors (Lipinski definition) is 6. The molecule has 126 valence electrons. The van der Waals surface area contributed by atoms with Gasteiger partial charge in [0.05, 0.1) is 24.2 Å². The van der Waals surface area contributed by atoms with Gasteiger partial charge in [0.1, 0.15) is 17.0 Å². The monoisotopic (exact) mass is 339 g/mol. The average Bonchev–Trinajstić information content (AvgIpc) is 2.95. The molecule has 0 aliphatic carbocycles. The zero-order valence-corrected chi connectivity index (χ0v) is 14.8. The molecule has 0 bridgehead atoms. The Labute approximate surface area is 139 Å². The lowest BCUT2D eigenvalue weighted by Gasteiger charge is -2.39. The molecule has 1 aliphatic rings. The molecule has 0 saturated carbocycles. The highest BCUT2D eigenvalue weighted by Gasteiger charge is 2.44. The molecule has 1 aromatic heterocycles. The largest absolute Gasteiger partial charge is 0.495 e. The summed E-state index contributed by atoms with van der Waals surface area (Å²) < 4.78 is 16.0. The Morgan fingerprint density at radius 2 is 2.17 bits per heavy atom. The van der Waals surface area contributed by atoms with Gasteiger partial charge in [0.25, 0.3) is 5.91 Å². The maximum absolute atomic E-state index is 13.0. The first-order valence-electron chi connectivity index (χ1n) is 7.29. The molecule has 2 rings (SSSR count). The van der Waals surface area contributed by atoms with Gasteiger partial charge in [-0.2, -0.15) is 0 Å². The van der Waals surface area contributed by atoms with Crippen molar-refractivity contribution >= 4 is 28.8 Å². The Morgan fingerprint density at radius 1 is 1.48 bits per heavy atom. The number of esters is 1. The number of amides is 1. The van der Waals surface area contributed by atoms with E-state index in [1.165, 1.54) is 16.2 Å². The van der Waals surface area contributed by atoms with E-state index in [1.54, 1.807) is 40.9 Å². The molecule has 2 heterocycles. The summed E-state index contributed by atoms with van der Waals surface area (Å²) in [5.41, 5.74) is -0.704. The Bertz CT molecular complexity index is 647. The van der Waals surface area contributed by atoms with Crippen molar-refractivity contribution in [3.05, 3.63) is 22.1 Å². The van der Waals surface area contributed by atoms with Gasteiger partial charge in [0.15, 0.2) is 6.73 Å². The van der Waals surface area contributed by atoms with Crippen LogP contribution in [0.4, 0.5) is 0 Å². The van der Waals surface area contributed by atoms with E-state index < -0.39 is 11.5 Å². The van der Waals surface area contributed by atoms with E-state index in [2.05, 4.69) is 0 Å². The minimum absolute atomic E-state index is 0.00761. The van der Waals surface area contributed by atoms with E-state index in [9.17, 15) is 9.59 Å². The van der Waals surface area contributed by atoms with Crippen molar-refractivity contribution in [2.24, 2.45) is 0 Å². The predicted molar refractivity (Wildman–Crippen MR) is 87.0 cm³/mol. The van der Waals surface area contributed by atoms with Crippen LogP contribution in [-0.4, -0.2) is 42.8 Å². The van der Waals surface area contributed by atoms with Crippen molar-refractivity contribution in [1.29, 1.82) is 0 Å². The zero-order valence-electron chi connectivity index (χ0n) is 14.0. The fraction of sp³-hybridized carbons (Fsp3) is 0.500. The van der Waals surface area contributed by atoms with Crippen LogP contribution in [0, 0.1) is 0 Å². The molecule has 0 fully saturated rings. The molecule has 0 aromatic carbocycles. The van der Waals surface area contributed by atoms with Gasteiger partial charge in [-0.3, -0.25) is 9.69 Å². The van der Waals surface area contributed by atoms with Crippen molar-refractivity contribution in [3.8, 4) is 5.75 Å². The summed E-state index contributed by atoms with van der Waals surface area (Å²) in [7, 11) is 1.55. The number of allylic oxidation sites excluding steroid dienone is 1. The van der Waals surface area contributed by atoms with Gasteiger partial charge >= 0.3 is 5.97 Å². The Kier molecular flexibility index (Phi) is 4.99.